The Balaban J connectivity index is 1.93. The first kappa shape index (κ1) is 17.9. The Morgan fingerprint density at radius 2 is 1.62 bits per heavy atom. The van der Waals surface area contributed by atoms with E-state index in [4.69, 9.17) is 0 Å². The minimum atomic E-state index is -0.409. The second kappa shape index (κ2) is 8.00. The van der Waals surface area contributed by atoms with E-state index in [2.05, 4.69) is 85.1 Å². The third-order valence-corrected chi connectivity index (χ3v) is 5.26. The van der Waals surface area contributed by atoms with Crippen molar-refractivity contribution in [1.82, 2.24) is 9.88 Å². The van der Waals surface area contributed by atoms with Gasteiger partial charge in [-0.2, -0.15) is 0 Å². The number of hydrogen-bond acceptors (Lipinski definition) is 2. The highest BCUT2D eigenvalue weighted by molar-refractivity contribution is 9.10. The van der Waals surface area contributed by atoms with Gasteiger partial charge in [0, 0.05) is 37.3 Å². The van der Waals surface area contributed by atoms with Gasteiger partial charge >= 0.3 is 0 Å². The monoisotopic (exact) mass is 452 g/mol. The van der Waals surface area contributed by atoms with E-state index in [0.29, 0.717) is 13.1 Å². The highest BCUT2D eigenvalue weighted by Crippen LogP contribution is 2.33. The van der Waals surface area contributed by atoms with Gasteiger partial charge in [-0.25, -0.2) is 0 Å². The summed E-state index contributed by atoms with van der Waals surface area (Å²) in [7, 11) is 0. The Hall–Kier alpha value is -0.880. The Morgan fingerprint density at radius 1 is 1.04 bits per heavy atom. The van der Waals surface area contributed by atoms with Gasteiger partial charge in [0.1, 0.15) is 0 Å². The van der Waals surface area contributed by atoms with Gasteiger partial charge in [-0.05, 0) is 49.4 Å². The smallest absolute Gasteiger partial charge is 0.0843 e. The van der Waals surface area contributed by atoms with Crippen LogP contribution in [0.3, 0.4) is 0 Å². The fourth-order valence-electron chi connectivity index (χ4n) is 3.09. The van der Waals surface area contributed by atoms with Crippen molar-refractivity contribution < 1.29 is 5.11 Å². The van der Waals surface area contributed by atoms with Gasteiger partial charge in [-0.15, -0.1) is 0 Å². The summed E-state index contributed by atoms with van der Waals surface area (Å²) in [6.45, 7) is 4.34. The van der Waals surface area contributed by atoms with Crippen LogP contribution in [0.1, 0.15) is 19.8 Å². The van der Waals surface area contributed by atoms with E-state index in [1.54, 1.807) is 0 Å². The van der Waals surface area contributed by atoms with Crippen molar-refractivity contribution in [3.8, 4) is 0 Å². The Bertz CT molecular complexity index is 785. The molecular formula is C19H22Br2N2O. The molecule has 5 heteroatoms. The summed E-state index contributed by atoms with van der Waals surface area (Å²) < 4.78 is 4.35. The summed E-state index contributed by atoms with van der Waals surface area (Å²) in [5, 5.41) is 16.2. The molecule has 2 aromatic carbocycles. The van der Waals surface area contributed by atoms with Crippen molar-refractivity contribution in [3.05, 3.63) is 45.3 Å². The Morgan fingerprint density at radius 3 is 2.17 bits per heavy atom. The topological polar surface area (TPSA) is 37.2 Å². The molecule has 1 atom stereocenters. The van der Waals surface area contributed by atoms with Crippen molar-refractivity contribution >= 4 is 53.7 Å². The van der Waals surface area contributed by atoms with Crippen LogP contribution >= 0.6 is 31.9 Å². The summed E-state index contributed by atoms with van der Waals surface area (Å²) in [6, 6.07) is 12.6. The third kappa shape index (κ3) is 3.85. The van der Waals surface area contributed by atoms with E-state index < -0.39 is 6.10 Å². The molecule has 0 bridgehead atoms. The van der Waals surface area contributed by atoms with Gasteiger partial charge in [-0.3, -0.25) is 0 Å². The van der Waals surface area contributed by atoms with Gasteiger partial charge in [0.2, 0.25) is 0 Å². The number of unbranched alkanes of at least 4 members (excludes halogenated alkanes) is 1. The van der Waals surface area contributed by atoms with E-state index in [1.165, 1.54) is 17.2 Å². The fraction of sp³-hybridized carbons (Fsp3) is 0.368. The molecule has 0 spiro atoms. The summed E-state index contributed by atoms with van der Waals surface area (Å²) in [6.07, 6.45) is 1.90. The standard InChI is InChI=1S/C19H22Br2N2O/c1-2-3-8-22-11-15(24)12-23-18-6-4-13(20)9-16(18)17-10-14(21)5-7-19(17)23/h4-7,9-10,15,22,24H,2-3,8,11-12H2,1H3. The second-order valence-corrected chi connectivity index (χ2v) is 7.98. The van der Waals surface area contributed by atoms with Crippen molar-refractivity contribution in [1.29, 1.82) is 0 Å². The van der Waals surface area contributed by atoms with Crippen LogP contribution in [-0.2, 0) is 6.54 Å². The molecule has 24 heavy (non-hydrogen) atoms. The number of nitrogens with one attached hydrogen (secondary N) is 1. The molecule has 2 N–H and O–H groups in total. The number of aliphatic hydroxyl groups excluding tert-OH is 1. The maximum absolute atomic E-state index is 10.4. The summed E-state index contributed by atoms with van der Waals surface area (Å²) in [5.74, 6) is 0. The first-order valence-electron chi connectivity index (χ1n) is 8.36. The van der Waals surface area contributed by atoms with Crippen molar-refractivity contribution in [3.63, 3.8) is 0 Å². The van der Waals surface area contributed by atoms with E-state index in [-0.39, 0.29) is 0 Å². The molecule has 0 saturated carbocycles. The van der Waals surface area contributed by atoms with Crippen molar-refractivity contribution in [2.45, 2.75) is 32.4 Å². The summed E-state index contributed by atoms with van der Waals surface area (Å²) >= 11 is 7.13. The maximum Gasteiger partial charge on any atom is 0.0843 e. The minimum Gasteiger partial charge on any atom is -0.390 e. The van der Waals surface area contributed by atoms with Crippen LogP contribution in [0.25, 0.3) is 21.8 Å². The summed E-state index contributed by atoms with van der Waals surface area (Å²) in [5.41, 5.74) is 2.30. The molecule has 128 valence electrons. The number of rotatable bonds is 7. The second-order valence-electron chi connectivity index (χ2n) is 6.15. The summed E-state index contributed by atoms with van der Waals surface area (Å²) in [4.78, 5) is 0. The van der Waals surface area contributed by atoms with Gasteiger partial charge in [0.15, 0.2) is 0 Å². The Kier molecular flexibility index (Phi) is 5.98. The molecule has 0 amide bonds. The SMILES string of the molecule is CCCCNCC(O)Cn1c2ccc(Br)cc2c2cc(Br)ccc21. The molecule has 0 aliphatic rings. The molecule has 0 fully saturated rings. The Labute approximate surface area is 159 Å². The lowest BCUT2D eigenvalue weighted by atomic mass is 10.2. The highest BCUT2D eigenvalue weighted by Gasteiger charge is 2.14. The zero-order valence-corrected chi connectivity index (χ0v) is 16.9. The molecule has 0 saturated heterocycles. The zero-order valence-electron chi connectivity index (χ0n) is 13.7. The van der Waals surface area contributed by atoms with E-state index in [0.717, 1.165) is 32.9 Å². The van der Waals surface area contributed by atoms with Gasteiger partial charge in [0.25, 0.3) is 0 Å². The van der Waals surface area contributed by atoms with E-state index in [1.807, 2.05) is 0 Å². The van der Waals surface area contributed by atoms with Crippen LogP contribution < -0.4 is 5.32 Å². The molecule has 3 rings (SSSR count). The lowest BCUT2D eigenvalue weighted by Gasteiger charge is -2.15. The fourth-order valence-corrected chi connectivity index (χ4v) is 3.81. The van der Waals surface area contributed by atoms with Crippen LogP contribution in [0.4, 0.5) is 0 Å². The van der Waals surface area contributed by atoms with Gasteiger partial charge < -0.3 is 15.0 Å². The molecule has 0 radical (unpaired) electrons. The number of nitrogens with zero attached hydrogens (tertiary/aromatic N) is 1. The average Bonchev–Trinajstić information content (AvgIpc) is 2.84. The third-order valence-electron chi connectivity index (χ3n) is 4.27. The number of halogens is 2. The number of aromatic nitrogens is 1. The first-order valence-corrected chi connectivity index (χ1v) is 9.94. The van der Waals surface area contributed by atoms with E-state index >= 15 is 0 Å². The first-order chi connectivity index (χ1) is 11.6. The van der Waals surface area contributed by atoms with Crippen molar-refractivity contribution in [2.75, 3.05) is 13.1 Å². The predicted molar refractivity (Wildman–Crippen MR) is 109 cm³/mol. The molecule has 3 aromatic rings. The largest absolute Gasteiger partial charge is 0.390 e. The maximum atomic E-state index is 10.4. The number of fused-ring (bicyclic) bond motifs is 3. The molecular weight excluding hydrogens is 432 g/mol. The normalized spacial score (nSPS) is 13.0. The predicted octanol–water partition coefficient (Wildman–Crippen LogP) is 5.07. The minimum absolute atomic E-state index is 0.409. The van der Waals surface area contributed by atoms with Crippen LogP contribution in [0.15, 0.2) is 45.3 Å². The van der Waals surface area contributed by atoms with Crippen molar-refractivity contribution in [2.24, 2.45) is 0 Å². The molecule has 1 unspecified atom stereocenters. The van der Waals surface area contributed by atoms with Gasteiger partial charge in [-0.1, -0.05) is 45.2 Å². The van der Waals surface area contributed by atoms with Gasteiger partial charge in [0.05, 0.1) is 12.6 Å². The number of benzene rings is 2. The van der Waals surface area contributed by atoms with Crippen LogP contribution in [0, 0.1) is 0 Å². The lowest BCUT2D eigenvalue weighted by Crippen LogP contribution is -2.30. The van der Waals surface area contributed by atoms with E-state index in [9.17, 15) is 5.11 Å². The highest BCUT2D eigenvalue weighted by atomic mass is 79.9. The molecule has 0 aliphatic carbocycles. The molecule has 3 nitrogen and oxygen atoms in total. The van der Waals surface area contributed by atoms with Crippen LogP contribution in [0.2, 0.25) is 0 Å². The van der Waals surface area contributed by atoms with Crippen LogP contribution in [-0.4, -0.2) is 28.9 Å². The quantitative estimate of drug-likeness (QED) is 0.490. The van der Waals surface area contributed by atoms with Crippen LogP contribution in [0.5, 0.6) is 0 Å². The molecule has 1 heterocycles. The average molecular weight is 454 g/mol. The molecule has 1 aromatic heterocycles. The zero-order chi connectivity index (χ0) is 17.1. The molecule has 0 aliphatic heterocycles. The number of hydrogen-bond donors (Lipinski definition) is 2. The lowest BCUT2D eigenvalue weighted by molar-refractivity contribution is 0.154. The number of aliphatic hydroxyl groups is 1.